The van der Waals surface area contributed by atoms with E-state index in [-0.39, 0.29) is 5.91 Å². The van der Waals surface area contributed by atoms with Gasteiger partial charge >= 0.3 is 5.97 Å². The number of carbonyl (C=O) groups excluding carboxylic acids is 1. The second-order valence-corrected chi connectivity index (χ2v) is 5.60. The van der Waals surface area contributed by atoms with E-state index in [1.807, 2.05) is 30.5 Å². The molecule has 8 heteroatoms. The number of benzene rings is 1. The third-order valence-corrected chi connectivity index (χ3v) is 3.82. The van der Waals surface area contributed by atoms with Gasteiger partial charge in [0.1, 0.15) is 6.04 Å². The molecule has 2 heterocycles. The lowest BCUT2D eigenvalue weighted by molar-refractivity contribution is -0.138. The average Bonchev–Trinajstić information content (AvgIpc) is 3.03. The van der Waals surface area contributed by atoms with Gasteiger partial charge < -0.3 is 26.0 Å². The molecule has 1 saturated heterocycles. The molecule has 0 spiro atoms. The number of hydrogen-bond acceptors (Lipinski definition) is 4. The van der Waals surface area contributed by atoms with Crippen LogP contribution in [-0.2, 0) is 16.0 Å². The van der Waals surface area contributed by atoms with E-state index < -0.39 is 12.0 Å². The van der Waals surface area contributed by atoms with Gasteiger partial charge in [0.15, 0.2) is 5.11 Å². The molecule has 1 amide bonds. The fourth-order valence-corrected chi connectivity index (χ4v) is 2.34. The SMILES string of the molecule is CN1CC(=O)NC1=S.NC(Cc1c[nH]c2ccccc12)C(=O)O. The second-order valence-electron chi connectivity index (χ2n) is 5.22. The van der Waals surface area contributed by atoms with E-state index in [0.29, 0.717) is 18.1 Å². The Labute approximate surface area is 138 Å². The lowest BCUT2D eigenvalue weighted by Gasteiger charge is -2.04. The van der Waals surface area contributed by atoms with Crippen LogP contribution < -0.4 is 11.1 Å². The van der Waals surface area contributed by atoms with Gasteiger partial charge in [-0.1, -0.05) is 18.2 Å². The Hall–Kier alpha value is -2.45. The number of amides is 1. The van der Waals surface area contributed by atoms with Crippen LogP contribution in [0.15, 0.2) is 30.5 Å². The molecule has 1 fully saturated rings. The van der Waals surface area contributed by atoms with Crippen LogP contribution in [0.4, 0.5) is 0 Å². The molecule has 1 aliphatic heterocycles. The molecule has 23 heavy (non-hydrogen) atoms. The van der Waals surface area contributed by atoms with E-state index in [2.05, 4.69) is 10.3 Å². The summed E-state index contributed by atoms with van der Waals surface area (Å²) in [6.45, 7) is 0.402. The molecular weight excluding hydrogens is 316 g/mol. The maximum Gasteiger partial charge on any atom is 0.320 e. The van der Waals surface area contributed by atoms with Crippen LogP contribution in [0.3, 0.4) is 0 Å². The summed E-state index contributed by atoms with van der Waals surface area (Å²) in [6.07, 6.45) is 2.16. The first-order valence-electron chi connectivity index (χ1n) is 6.97. The first-order valence-corrected chi connectivity index (χ1v) is 7.37. The maximum absolute atomic E-state index is 10.6. The number of likely N-dealkylation sites (N-methyl/N-ethyl adjacent to an activating group) is 1. The number of H-pyrrole nitrogens is 1. The minimum atomic E-state index is -0.972. The van der Waals surface area contributed by atoms with Gasteiger partial charge in [0.05, 0.1) is 6.54 Å². The van der Waals surface area contributed by atoms with E-state index in [4.69, 9.17) is 23.1 Å². The van der Waals surface area contributed by atoms with Crippen molar-refractivity contribution in [3.8, 4) is 0 Å². The number of fused-ring (bicyclic) bond motifs is 1. The Morgan fingerprint density at radius 1 is 1.48 bits per heavy atom. The molecule has 1 aromatic heterocycles. The van der Waals surface area contributed by atoms with Crippen molar-refractivity contribution in [1.29, 1.82) is 0 Å². The number of nitrogens with one attached hydrogen (secondary N) is 2. The van der Waals surface area contributed by atoms with Gasteiger partial charge in [-0.25, -0.2) is 0 Å². The number of thiocarbonyl (C=S) groups is 1. The number of para-hydroxylation sites is 1. The van der Waals surface area contributed by atoms with Crippen LogP contribution in [0.2, 0.25) is 0 Å². The van der Waals surface area contributed by atoms with Crippen molar-refractivity contribution < 1.29 is 14.7 Å². The number of carboxylic acids is 1. The van der Waals surface area contributed by atoms with Crippen molar-refractivity contribution in [3.05, 3.63) is 36.0 Å². The fourth-order valence-electron chi connectivity index (χ4n) is 2.17. The van der Waals surface area contributed by atoms with Crippen LogP contribution >= 0.6 is 12.2 Å². The molecule has 0 bridgehead atoms. The number of rotatable bonds is 3. The molecule has 5 N–H and O–H groups in total. The zero-order valence-electron chi connectivity index (χ0n) is 12.6. The van der Waals surface area contributed by atoms with Crippen LogP contribution in [0.5, 0.6) is 0 Å². The smallest absolute Gasteiger partial charge is 0.320 e. The van der Waals surface area contributed by atoms with Crippen molar-refractivity contribution in [1.82, 2.24) is 15.2 Å². The van der Waals surface area contributed by atoms with Gasteiger partial charge in [-0.2, -0.15) is 0 Å². The number of aromatic nitrogens is 1. The largest absolute Gasteiger partial charge is 0.480 e. The number of nitrogens with zero attached hydrogens (tertiary/aromatic N) is 1. The zero-order valence-corrected chi connectivity index (χ0v) is 13.4. The van der Waals surface area contributed by atoms with Gasteiger partial charge in [0, 0.05) is 30.6 Å². The van der Waals surface area contributed by atoms with Gasteiger partial charge in [-0.15, -0.1) is 0 Å². The molecule has 0 radical (unpaired) electrons. The Kier molecular flexibility index (Phi) is 5.30. The Balaban J connectivity index is 0.000000203. The molecule has 1 aromatic carbocycles. The van der Waals surface area contributed by atoms with Crippen LogP contribution in [0.25, 0.3) is 10.9 Å². The van der Waals surface area contributed by atoms with E-state index >= 15 is 0 Å². The van der Waals surface area contributed by atoms with Gasteiger partial charge in [0.2, 0.25) is 5.91 Å². The molecule has 1 aliphatic rings. The highest BCUT2D eigenvalue weighted by Gasteiger charge is 2.18. The minimum Gasteiger partial charge on any atom is -0.480 e. The number of carbonyl (C=O) groups is 2. The predicted molar refractivity (Wildman–Crippen MR) is 91.0 cm³/mol. The number of aliphatic carboxylic acids is 1. The summed E-state index contributed by atoms with van der Waals surface area (Å²) in [5.74, 6) is -0.988. The predicted octanol–water partition coefficient (Wildman–Crippen LogP) is 0.455. The summed E-state index contributed by atoms with van der Waals surface area (Å²) in [7, 11) is 1.78. The summed E-state index contributed by atoms with van der Waals surface area (Å²) >= 11 is 4.71. The molecule has 1 unspecified atom stereocenters. The molecule has 3 rings (SSSR count). The number of hydrogen-bond donors (Lipinski definition) is 4. The maximum atomic E-state index is 10.6. The topological polar surface area (TPSA) is 111 Å². The molecule has 122 valence electrons. The molecule has 2 aromatic rings. The second kappa shape index (κ2) is 7.21. The highest BCUT2D eigenvalue weighted by molar-refractivity contribution is 7.80. The Morgan fingerprint density at radius 3 is 2.70 bits per heavy atom. The van der Waals surface area contributed by atoms with Crippen LogP contribution in [-0.4, -0.2) is 51.6 Å². The molecule has 0 aliphatic carbocycles. The van der Waals surface area contributed by atoms with E-state index in [1.54, 1.807) is 11.9 Å². The van der Waals surface area contributed by atoms with Gasteiger partial charge in [-0.3, -0.25) is 9.59 Å². The van der Waals surface area contributed by atoms with Crippen molar-refractivity contribution in [3.63, 3.8) is 0 Å². The first kappa shape index (κ1) is 16.9. The van der Waals surface area contributed by atoms with Gasteiger partial charge in [0.25, 0.3) is 0 Å². The number of nitrogens with two attached hydrogens (primary N) is 1. The number of aromatic amines is 1. The monoisotopic (exact) mass is 334 g/mol. The third-order valence-electron chi connectivity index (χ3n) is 3.41. The first-order chi connectivity index (χ1) is 10.9. The third kappa shape index (κ3) is 4.27. The van der Waals surface area contributed by atoms with E-state index in [9.17, 15) is 9.59 Å². The van der Waals surface area contributed by atoms with Crippen molar-refractivity contribution in [2.24, 2.45) is 5.73 Å². The van der Waals surface area contributed by atoms with Gasteiger partial charge in [-0.05, 0) is 23.8 Å². The lowest BCUT2D eigenvalue weighted by Crippen LogP contribution is -2.32. The van der Waals surface area contributed by atoms with E-state index in [1.165, 1.54) is 0 Å². The van der Waals surface area contributed by atoms with Crippen molar-refractivity contribution in [2.75, 3.05) is 13.6 Å². The Morgan fingerprint density at radius 2 is 2.17 bits per heavy atom. The summed E-state index contributed by atoms with van der Waals surface area (Å²) in [5.41, 5.74) is 7.43. The summed E-state index contributed by atoms with van der Waals surface area (Å²) in [4.78, 5) is 25.8. The summed E-state index contributed by atoms with van der Waals surface area (Å²) in [5, 5.41) is 12.8. The summed E-state index contributed by atoms with van der Waals surface area (Å²) < 4.78 is 0. The van der Waals surface area contributed by atoms with Crippen LogP contribution in [0, 0.1) is 0 Å². The quantitative estimate of drug-likeness (QED) is 0.607. The standard InChI is InChI=1S/C11H12N2O2.C4H6N2OS/c12-9(11(14)15)5-7-6-13-10-4-2-1-3-8(7)10;1-6-2-3(7)5-4(6)8/h1-4,6,9,13H,5,12H2,(H,14,15);2H2,1H3,(H,5,7,8). The average molecular weight is 334 g/mol. The highest BCUT2D eigenvalue weighted by Crippen LogP contribution is 2.18. The van der Waals surface area contributed by atoms with E-state index in [0.717, 1.165) is 16.5 Å². The Bertz CT molecular complexity index is 743. The summed E-state index contributed by atoms with van der Waals surface area (Å²) in [6, 6.07) is 6.91. The van der Waals surface area contributed by atoms with Crippen LogP contribution in [0.1, 0.15) is 5.56 Å². The minimum absolute atomic E-state index is 0.0162. The van der Waals surface area contributed by atoms with Crippen molar-refractivity contribution in [2.45, 2.75) is 12.5 Å². The molecule has 1 atom stereocenters. The molecule has 7 nitrogen and oxygen atoms in total. The zero-order chi connectivity index (χ0) is 17.0. The normalized spacial score (nSPS) is 15.1. The molecular formula is C15H18N4O3S. The van der Waals surface area contributed by atoms with Crippen molar-refractivity contribution >= 4 is 40.1 Å². The fraction of sp³-hybridized carbons (Fsp3) is 0.267. The lowest BCUT2D eigenvalue weighted by atomic mass is 10.1. The number of carboxylic acid groups (broad SMARTS) is 1. The highest BCUT2D eigenvalue weighted by atomic mass is 32.1. The molecule has 0 saturated carbocycles.